The van der Waals surface area contributed by atoms with E-state index in [0.29, 0.717) is 5.76 Å². The summed E-state index contributed by atoms with van der Waals surface area (Å²) in [6, 6.07) is 1.53. The molecule has 3 aliphatic rings. The van der Waals surface area contributed by atoms with Crippen molar-refractivity contribution in [3.05, 3.63) is 11.8 Å². The molecule has 11 heteroatoms. The number of amides is 3. The minimum Gasteiger partial charge on any atom is -0.456 e. The molecule has 9 nitrogen and oxygen atoms in total. The third kappa shape index (κ3) is 3.63. The lowest BCUT2D eigenvalue weighted by Gasteiger charge is -2.28. The first-order chi connectivity index (χ1) is 13.8. The van der Waals surface area contributed by atoms with Gasteiger partial charge in [-0.1, -0.05) is 37.0 Å². The van der Waals surface area contributed by atoms with Gasteiger partial charge >= 0.3 is 5.97 Å². The molecule has 0 aromatic carbocycles. The van der Waals surface area contributed by atoms with Crippen molar-refractivity contribution in [2.75, 3.05) is 18.5 Å². The molecule has 1 aromatic heterocycles. The van der Waals surface area contributed by atoms with Crippen molar-refractivity contribution in [1.29, 1.82) is 0 Å². The molecule has 0 spiro atoms. The lowest BCUT2D eigenvalue weighted by Crippen LogP contribution is -2.37. The third-order valence-corrected chi connectivity index (χ3v) is 9.08. The molecule has 1 N–H and O–H groups in total. The first kappa shape index (κ1) is 20.5. The fraction of sp³-hybridized carbons (Fsp3) is 0.611. The molecule has 2 bridgehead atoms. The number of imide groups is 1. The molecule has 156 valence electrons. The molecule has 2 aliphatic carbocycles. The molecule has 0 radical (unpaired) electrons. The third-order valence-electron chi connectivity index (χ3n) is 5.88. The van der Waals surface area contributed by atoms with E-state index < -0.39 is 18.5 Å². The Morgan fingerprint density at radius 3 is 2.41 bits per heavy atom. The van der Waals surface area contributed by atoms with Crippen LogP contribution in [0.4, 0.5) is 5.82 Å². The van der Waals surface area contributed by atoms with E-state index in [1.165, 1.54) is 11.0 Å². The Labute approximate surface area is 183 Å². The molecule has 2 heterocycles. The van der Waals surface area contributed by atoms with E-state index in [-0.39, 0.29) is 63.9 Å². The Balaban J connectivity index is 1.26. The van der Waals surface area contributed by atoms with Crippen LogP contribution in [-0.2, 0) is 23.9 Å². The number of halogens is 2. The van der Waals surface area contributed by atoms with Crippen molar-refractivity contribution in [3.63, 3.8) is 0 Å². The number of aryl methyl sites for hydroxylation is 1. The van der Waals surface area contributed by atoms with Crippen LogP contribution in [0.15, 0.2) is 10.6 Å². The van der Waals surface area contributed by atoms with Gasteiger partial charge in [0, 0.05) is 22.3 Å². The second kappa shape index (κ2) is 7.82. The normalized spacial score (nSPS) is 32.6. The Morgan fingerprint density at radius 2 is 1.86 bits per heavy atom. The molecule has 29 heavy (non-hydrogen) atoms. The SMILES string of the molecule is Cc1cc(NC(=O)COC(=O)CCN2C(=O)[C@@H]3[C@H]4C[C@@H]([C@H](Br)[C@H]4Br)[C@H]3C2=O)no1. The van der Waals surface area contributed by atoms with Gasteiger partial charge in [-0.2, -0.15) is 0 Å². The quantitative estimate of drug-likeness (QED) is 0.336. The number of anilines is 1. The highest BCUT2D eigenvalue weighted by Gasteiger charge is 2.66. The average molecular weight is 533 g/mol. The van der Waals surface area contributed by atoms with E-state index in [0.717, 1.165) is 6.42 Å². The predicted molar refractivity (Wildman–Crippen MR) is 106 cm³/mol. The van der Waals surface area contributed by atoms with E-state index >= 15 is 0 Å². The molecule has 2 saturated carbocycles. The van der Waals surface area contributed by atoms with Gasteiger partial charge in [0.05, 0.1) is 18.3 Å². The van der Waals surface area contributed by atoms with Crippen molar-refractivity contribution in [2.45, 2.75) is 29.4 Å². The Hall–Kier alpha value is -1.75. The number of carbonyl (C=O) groups is 4. The number of hydrogen-bond donors (Lipinski definition) is 1. The number of ether oxygens (including phenoxy) is 1. The molecule has 1 saturated heterocycles. The lowest BCUT2D eigenvalue weighted by molar-refractivity contribution is -0.149. The highest BCUT2D eigenvalue weighted by atomic mass is 79.9. The van der Waals surface area contributed by atoms with Crippen LogP contribution < -0.4 is 5.32 Å². The van der Waals surface area contributed by atoms with E-state index in [9.17, 15) is 19.2 Å². The zero-order chi connectivity index (χ0) is 20.9. The molecule has 3 amide bonds. The van der Waals surface area contributed by atoms with Crippen LogP contribution in [-0.4, -0.2) is 56.6 Å². The number of nitrogens with zero attached hydrogens (tertiary/aromatic N) is 2. The predicted octanol–water partition coefficient (Wildman–Crippen LogP) is 1.63. The number of esters is 1. The fourth-order valence-electron chi connectivity index (χ4n) is 4.66. The highest BCUT2D eigenvalue weighted by Crippen LogP contribution is 2.60. The standard InChI is InChI=1S/C18H19Br2N3O6/c1-7-4-10(22-29-7)21-11(24)6-28-12(25)2-3-23-17(26)13-8-5-9(14(13)18(23)27)16(20)15(8)19/h4,8-9,13-16H,2-3,5-6H2,1H3,(H,21,22,24)/t8-,9-,13-,14-,15+,16+/m1/s1. The summed E-state index contributed by atoms with van der Waals surface area (Å²) in [6.45, 7) is 1.16. The Kier molecular flexibility index (Phi) is 5.54. The summed E-state index contributed by atoms with van der Waals surface area (Å²) in [5.74, 6) is -1.21. The van der Waals surface area contributed by atoms with Crippen LogP contribution in [0.25, 0.3) is 0 Å². The van der Waals surface area contributed by atoms with Crippen LogP contribution in [0.3, 0.4) is 0 Å². The molecule has 3 fully saturated rings. The van der Waals surface area contributed by atoms with Gasteiger partial charge < -0.3 is 14.6 Å². The minimum absolute atomic E-state index is 0.0348. The monoisotopic (exact) mass is 531 g/mol. The summed E-state index contributed by atoms with van der Waals surface area (Å²) in [7, 11) is 0. The smallest absolute Gasteiger partial charge is 0.308 e. The van der Waals surface area contributed by atoms with Gasteiger partial charge in [-0.25, -0.2) is 0 Å². The van der Waals surface area contributed by atoms with Crippen LogP contribution in [0, 0.1) is 30.6 Å². The number of aromatic nitrogens is 1. The first-order valence-corrected chi connectivity index (χ1v) is 11.1. The summed E-state index contributed by atoms with van der Waals surface area (Å²) in [5, 5.41) is 6.04. The molecule has 1 aliphatic heterocycles. The Morgan fingerprint density at radius 1 is 1.24 bits per heavy atom. The summed E-state index contributed by atoms with van der Waals surface area (Å²) in [4.78, 5) is 50.8. The highest BCUT2D eigenvalue weighted by molar-refractivity contribution is 9.12. The van der Waals surface area contributed by atoms with Gasteiger partial charge in [-0.05, 0) is 25.2 Å². The summed E-state index contributed by atoms with van der Waals surface area (Å²) in [6.07, 6.45) is 0.701. The molecule has 6 atom stereocenters. The number of fused-ring (bicyclic) bond motifs is 5. The number of nitrogens with one attached hydrogen (secondary N) is 1. The summed E-state index contributed by atoms with van der Waals surface area (Å²) in [5.41, 5.74) is 0. The average Bonchev–Trinajstić information content (AvgIpc) is 3.39. The van der Waals surface area contributed by atoms with E-state index in [1.54, 1.807) is 6.92 Å². The first-order valence-electron chi connectivity index (χ1n) is 9.30. The topological polar surface area (TPSA) is 119 Å². The second-order valence-corrected chi connectivity index (χ2v) is 9.73. The largest absolute Gasteiger partial charge is 0.456 e. The molecular weight excluding hydrogens is 514 g/mol. The van der Waals surface area contributed by atoms with Crippen molar-refractivity contribution in [3.8, 4) is 0 Å². The maximum Gasteiger partial charge on any atom is 0.308 e. The number of hydrogen-bond acceptors (Lipinski definition) is 7. The van der Waals surface area contributed by atoms with E-state index in [2.05, 4.69) is 42.3 Å². The van der Waals surface area contributed by atoms with Crippen molar-refractivity contribution in [2.24, 2.45) is 23.7 Å². The van der Waals surface area contributed by atoms with Crippen molar-refractivity contribution in [1.82, 2.24) is 10.1 Å². The van der Waals surface area contributed by atoms with Gasteiger partial charge in [-0.3, -0.25) is 24.1 Å². The Bertz CT molecular complexity index is 842. The number of carbonyl (C=O) groups excluding carboxylic acids is 4. The van der Waals surface area contributed by atoms with E-state index in [1.807, 2.05) is 0 Å². The molecule has 0 unspecified atom stereocenters. The molecule has 4 rings (SSSR count). The van der Waals surface area contributed by atoms with Gasteiger partial charge in [0.25, 0.3) is 5.91 Å². The zero-order valence-electron chi connectivity index (χ0n) is 15.5. The second-order valence-electron chi connectivity index (χ2n) is 7.61. The fourth-order valence-corrected chi connectivity index (χ4v) is 6.53. The summed E-state index contributed by atoms with van der Waals surface area (Å²) >= 11 is 7.27. The zero-order valence-corrected chi connectivity index (χ0v) is 18.6. The lowest BCUT2D eigenvalue weighted by atomic mass is 9.81. The maximum absolute atomic E-state index is 12.8. The van der Waals surface area contributed by atoms with Crippen molar-refractivity contribution < 1.29 is 28.4 Å². The van der Waals surface area contributed by atoms with E-state index in [4.69, 9.17) is 9.26 Å². The van der Waals surface area contributed by atoms with Crippen LogP contribution >= 0.6 is 31.9 Å². The minimum atomic E-state index is -0.658. The maximum atomic E-state index is 12.8. The summed E-state index contributed by atoms with van der Waals surface area (Å²) < 4.78 is 9.75. The van der Waals surface area contributed by atoms with Gasteiger partial charge in [0.15, 0.2) is 12.4 Å². The van der Waals surface area contributed by atoms with Gasteiger partial charge in [-0.15, -0.1) is 0 Å². The van der Waals surface area contributed by atoms with Crippen molar-refractivity contribution >= 4 is 61.4 Å². The van der Waals surface area contributed by atoms with Gasteiger partial charge in [0.1, 0.15) is 5.76 Å². The van der Waals surface area contributed by atoms with Crippen LogP contribution in [0.5, 0.6) is 0 Å². The van der Waals surface area contributed by atoms with Gasteiger partial charge in [0.2, 0.25) is 11.8 Å². The van der Waals surface area contributed by atoms with Crippen LogP contribution in [0.2, 0.25) is 0 Å². The molecule has 1 aromatic rings. The molecular formula is C18H19Br2N3O6. The number of rotatable bonds is 6. The number of alkyl halides is 2. The van der Waals surface area contributed by atoms with Crippen LogP contribution in [0.1, 0.15) is 18.6 Å². The number of likely N-dealkylation sites (tertiary alicyclic amines) is 1.